The lowest BCUT2D eigenvalue weighted by Gasteiger charge is -2.12. The van der Waals surface area contributed by atoms with Crippen LogP contribution in [0.3, 0.4) is 0 Å². The Balaban J connectivity index is 1.87. The molecule has 8 heteroatoms. The molecule has 0 aromatic heterocycles. The second-order valence-corrected chi connectivity index (χ2v) is 5.23. The van der Waals surface area contributed by atoms with E-state index in [1.54, 1.807) is 30.3 Å². The molecule has 27 heavy (non-hydrogen) atoms. The van der Waals surface area contributed by atoms with Gasteiger partial charge in [0.25, 0.3) is 11.8 Å². The van der Waals surface area contributed by atoms with Crippen molar-refractivity contribution in [2.75, 3.05) is 20.3 Å². The summed E-state index contributed by atoms with van der Waals surface area (Å²) in [7, 11) is 1.47. The first-order chi connectivity index (χ1) is 13.1. The minimum absolute atomic E-state index is 0.290. The minimum atomic E-state index is -0.552. The predicted octanol–water partition coefficient (Wildman–Crippen LogP) is 1.81. The Labute approximate surface area is 156 Å². The Morgan fingerprint density at radius 3 is 2.59 bits per heavy atom. The van der Waals surface area contributed by atoms with Crippen LogP contribution in [0.15, 0.2) is 42.5 Å². The molecule has 8 nitrogen and oxygen atoms in total. The van der Waals surface area contributed by atoms with Crippen molar-refractivity contribution in [3.05, 3.63) is 53.6 Å². The van der Waals surface area contributed by atoms with Crippen LogP contribution in [0.25, 0.3) is 0 Å². The molecule has 2 amide bonds. The number of hydrazine groups is 1. The van der Waals surface area contributed by atoms with E-state index in [0.717, 1.165) is 0 Å². The predicted molar refractivity (Wildman–Crippen MR) is 96.4 cm³/mol. The van der Waals surface area contributed by atoms with Crippen molar-refractivity contribution in [3.63, 3.8) is 0 Å². The molecule has 2 aromatic carbocycles. The summed E-state index contributed by atoms with van der Waals surface area (Å²) in [6.45, 7) is 1.99. The number of nitrogens with one attached hydrogen (secondary N) is 2. The van der Waals surface area contributed by atoms with Crippen LogP contribution >= 0.6 is 0 Å². The van der Waals surface area contributed by atoms with Crippen LogP contribution in [0, 0.1) is 11.3 Å². The number of benzene rings is 2. The Hall–Kier alpha value is -3.73. The van der Waals surface area contributed by atoms with Gasteiger partial charge in [-0.15, -0.1) is 0 Å². The highest BCUT2D eigenvalue weighted by Crippen LogP contribution is 2.27. The third-order valence-electron chi connectivity index (χ3n) is 3.37. The minimum Gasteiger partial charge on any atom is -0.493 e. The summed E-state index contributed by atoms with van der Waals surface area (Å²) in [4.78, 5) is 24.0. The van der Waals surface area contributed by atoms with Crippen molar-refractivity contribution in [1.82, 2.24) is 10.9 Å². The Morgan fingerprint density at radius 2 is 1.89 bits per heavy atom. The summed E-state index contributed by atoms with van der Waals surface area (Å²) in [5, 5.41) is 8.83. The number of carbonyl (C=O) groups excluding carboxylic acids is 2. The van der Waals surface area contributed by atoms with E-state index in [2.05, 4.69) is 10.9 Å². The number of ether oxygens (including phenoxy) is 3. The van der Waals surface area contributed by atoms with Crippen LogP contribution in [0.1, 0.15) is 22.8 Å². The molecule has 0 bridgehead atoms. The fourth-order valence-electron chi connectivity index (χ4n) is 2.12. The molecule has 2 rings (SSSR count). The molecule has 0 saturated heterocycles. The first-order valence-electron chi connectivity index (χ1n) is 8.10. The summed E-state index contributed by atoms with van der Waals surface area (Å²) in [6, 6.07) is 13.1. The van der Waals surface area contributed by atoms with Gasteiger partial charge in [-0.25, -0.2) is 0 Å². The standard InChI is InChI=1S/C19H19N3O5/c1-3-26-16-8-7-14(10-17(16)25-2)19(24)22-21-18(23)12-27-15-6-4-5-13(9-15)11-20/h4-10H,3,12H2,1-2H3,(H,21,23)(H,22,24). The maximum Gasteiger partial charge on any atom is 0.276 e. The van der Waals surface area contributed by atoms with E-state index >= 15 is 0 Å². The molecule has 0 saturated carbocycles. The number of nitrogens with zero attached hydrogens (tertiary/aromatic N) is 1. The van der Waals surface area contributed by atoms with Crippen molar-refractivity contribution >= 4 is 11.8 Å². The largest absolute Gasteiger partial charge is 0.493 e. The van der Waals surface area contributed by atoms with Gasteiger partial charge in [-0.05, 0) is 43.3 Å². The highest BCUT2D eigenvalue weighted by atomic mass is 16.5. The van der Waals surface area contributed by atoms with Crippen molar-refractivity contribution in [2.24, 2.45) is 0 Å². The van der Waals surface area contributed by atoms with E-state index in [4.69, 9.17) is 19.5 Å². The highest BCUT2D eigenvalue weighted by Gasteiger charge is 2.12. The molecule has 0 radical (unpaired) electrons. The second-order valence-electron chi connectivity index (χ2n) is 5.23. The van der Waals surface area contributed by atoms with Crippen LogP contribution in [0.5, 0.6) is 17.2 Å². The van der Waals surface area contributed by atoms with Crippen LogP contribution < -0.4 is 25.1 Å². The number of amides is 2. The molecule has 140 valence electrons. The average molecular weight is 369 g/mol. The van der Waals surface area contributed by atoms with E-state index in [0.29, 0.717) is 35.0 Å². The van der Waals surface area contributed by atoms with Gasteiger partial charge in [0.1, 0.15) is 5.75 Å². The second kappa shape index (κ2) is 9.68. The first kappa shape index (κ1) is 19.6. The third kappa shape index (κ3) is 5.64. The van der Waals surface area contributed by atoms with Gasteiger partial charge >= 0.3 is 0 Å². The number of hydrogen-bond acceptors (Lipinski definition) is 6. The number of methoxy groups -OCH3 is 1. The van der Waals surface area contributed by atoms with Crippen LogP contribution in [0.2, 0.25) is 0 Å². The van der Waals surface area contributed by atoms with Crippen molar-refractivity contribution in [2.45, 2.75) is 6.92 Å². The fourth-order valence-corrected chi connectivity index (χ4v) is 2.12. The van der Waals surface area contributed by atoms with E-state index < -0.39 is 11.8 Å². The molecular formula is C19H19N3O5. The molecule has 0 aliphatic carbocycles. The van der Waals surface area contributed by atoms with Gasteiger partial charge in [-0.1, -0.05) is 6.07 Å². The maximum atomic E-state index is 12.1. The molecule has 2 aromatic rings. The summed E-state index contributed by atoms with van der Waals surface area (Å²) in [5.41, 5.74) is 5.26. The zero-order valence-electron chi connectivity index (χ0n) is 14.9. The van der Waals surface area contributed by atoms with Gasteiger partial charge in [0, 0.05) is 5.56 Å². The summed E-state index contributed by atoms with van der Waals surface area (Å²) >= 11 is 0. The van der Waals surface area contributed by atoms with E-state index in [-0.39, 0.29) is 6.61 Å². The van der Waals surface area contributed by atoms with E-state index in [1.165, 1.54) is 19.2 Å². The molecular weight excluding hydrogens is 350 g/mol. The van der Waals surface area contributed by atoms with E-state index in [1.807, 2.05) is 13.0 Å². The lowest BCUT2D eigenvalue weighted by Crippen LogP contribution is -2.43. The van der Waals surface area contributed by atoms with Crippen molar-refractivity contribution in [3.8, 4) is 23.3 Å². The summed E-state index contributed by atoms with van der Waals surface area (Å²) in [6.07, 6.45) is 0. The quantitative estimate of drug-likeness (QED) is 0.720. The third-order valence-corrected chi connectivity index (χ3v) is 3.37. The molecule has 0 heterocycles. The maximum absolute atomic E-state index is 12.1. The Bertz CT molecular complexity index is 861. The molecule has 0 atom stereocenters. The number of carbonyl (C=O) groups is 2. The SMILES string of the molecule is CCOc1ccc(C(=O)NNC(=O)COc2cccc(C#N)c2)cc1OC. The molecule has 2 N–H and O–H groups in total. The van der Waals surface area contributed by atoms with Gasteiger partial charge in [-0.3, -0.25) is 20.4 Å². The monoisotopic (exact) mass is 369 g/mol. The van der Waals surface area contributed by atoms with Crippen molar-refractivity contribution < 1.29 is 23.8 Å². The van der Waals surface area contributed by atoms with Crippen molar-refractivity contribution in [1.29, 1.82) is 5.26 Å². The zero-order valence-corrected chi connectivity index (χ0v) is 14.9. The van der Waals surface area contributed by atoms with Gasteiger partial charge in [0.15, 0.2) is 18.1 Å². The first-order valence-corrected chi connectivity index (χ1v) is 8.10. The lowest BCUT2D eigenvalue weighted by atomic mass is 10.2. The molecule has 0 unspecified atom stereocenters. The topological polar surface area (TPSA) is 110 Å². The number of rotatable bonds is 7. The summed E-state index contributed by atoms with van der Waals surface area (Å²) in [5.74, 6) is 0.247. The number of hydrogen-bond donors (Lipinski definition) is 2. The molecule has 0 aliphatic rings. The summed E-state index contributed by atoms with van der Waals surface area (Å²) < 4.78 is 15.9. The van der Waals surface area contributed by atoms with Gasteiger partial charge in [0.05, 0.1) is 25.3 Å². The molecule has 0 aliphatic heterocycles. The van der Waals surface area contributed by atoms with Crippen LogP contribution in [0.4, 0.5) is 0 Å². The smallest absolute Gasteiger partial charge is 0.276 e. The normalized spacial score (nSPS) is 9.67. The molecule has 0 spiro atoms. The fraction of sp³-hybridized carbons (Fsp3) is 0.211. The van der Waals surface area contributed by atoms with Gasteiger partial charge in [-0.2, -0.15) is 5.26 Å². The van der Waals surface area contributed by atoms with Crippen LogP contribution in [-0.2, 0) is 4.79 Å². The van der Waals surface area contributed by atoms with Crippen LogP contribution in [-0.4, -0.2) is 32.1 Å². The lowest BCUT2D eigenvalue weighted by molar-refractivity contribution is -0.123. The zero-order chi connectivity index (χ0) is 19.6. The average Bonchev–Trinajstić information content (AvgIpc) is 2.71. The molecule has 0 fully saturated rings. The Kier molecular flexibility index (Phi) is 7.02. The highest BCUT2D eigenvalue weighted by molar-refractivity contribution is 5.96. The van der Waals surface area contributed by atoms with Gasteiger partial charge < -0.3 is 14.2 Å². The van der Waals surface area contributed by atoms with Gasteiger partial charge in [0.2, 0.25) is 0 Å². The Morgan fingerprint density at radius 1 is 1.07 bits per heavy atom. The number of nitriles is 1. The van der Waals surface area contributed by atoms with E-state index in [9.17, 15) is 9.59 Å².